The minimum absolute atomic E-state index is 0.105. The van der Waals surface area contributed by atoms with E-state index in [-0.39, 0.29) is 12.4 Å². The van der Waals surface area contributed by atoms with E-state index in [4.69, 9.17) is 0 Å². The van der Waals surface area contributed by atoms with Crippen molar-refractivity contribution >= 4 is 5.82 Å². The van der Waals surface area contributed by atoms with Crippen molar-refractivity contribution in [3.05, 3.63) is 60.0 Å². The van der Waals surface area contributed by atoms with E-state index in [0.717, 1.165) is 11.4 Å². The summed E-state index contributed by atoms with van der Waals surface area (Å²) in [5.74, 6) is 1.50. The van der Waals surface area contributed by atoms with E-state index >= 15 is 0 Å². The van der Waals surface area contributed by atoms with E-state index in [2.05, 4.69) is 20.3 Å². The molecule has 0 fully saturated rings. The molecular formula is C16H16N4O2. The lowest BCUT2D eigenvalue weighted by Gasteiger charge is -2.12. The van der Waals surface area contributed by atoms with Gasteiger partial charge in [-0.2, -0.15) is 0 Å². The van der Waals surface area contributed by atoms with Crippen molar-refractivity contribution in [1.29, 1.82) is 0 Å². The van der Waals surface area contributed by atoms with Gasteiger partial charge in [0.2, 0.25) is 0 Å². The van der Waals surface area contributed by atoms with Gasteiger partial charge in [0, 0.05) is 36.3 Å². The number of aromatic amines is 1. The number of aromatic nitrogens is 3. The van der Waals surface area contributed by atoms with E-state index in [1.54, 1.807) is 36.8 Å². The van der Waals surface area contributed by atoms with E-state index in [1.165, 1.54) is 0 Å². The normalized spacial score (nSPS) is 10.6. The van der Waals surface area contributed by atoms with Crippen molar-refractivity contribution < 1.29 is 10.2 Å². The lowest BCUT2D eigenvalue weighted by molar-refractivity contribution is 0.275. The molecule has 0 aliphatic rings. The summed E-state index contributed by atoms with van der Waals surface area (Å²) in [6.07, 6.45) is 5.13. The molecule has 1 aromatic carbocycles. The Morgan fingerprint density at radius 3 is 2.68 bits per heavy atom. The first-order valence-corrected chi connectivity index (χ1v) is 6.89. The van der Waals surface area contributed by atoms with Crippen molar-refractivity contribution in [2.75, 3.05) is 5.32 Å². The van der Waals surface area contributed by atoms with Crippen LogP contribution >= 0.6 is 0 Å². The molecule has 2 aromatic heterocycles. The molecule has 3 rings (SSSR count). The smallest absolute Gasteiger partial charge is 0.141 e. The van der Waals surface area contributed by atoms with Gasteiger partial charge >= 0.3 is 0 Å². The number of benzene rings is 1. The molecule has 0 aliphatic heterocycles. The highest BCUT2D eigenvalue weighted by Crippen LogP contribution is 2.26. The van der Waals surface area contributed by atoms with Gasteiger partial charge in [0.15, 0.2) is 0 Å². The van der Waals surface area contributed by atoms with Gasteiger partial charge in [0.1, 0.15) is 17.4 Å². The fraction of sp³-hybridized carbons (Fsp3) is 0.125. The first kappa shape index (κ1) is 14.1. The van der Waals surface area contributed by atoms with Gasteiger partial charge in [-0.05, 0) is 12.1 Å². The first-order chi connectivity index (χ1) is 10.8. The summed E-state index contributed by atoms with van der Waals surface area (Å²) in [7, 11) is 0. The average molecular weight is 296 g/mol. The minimum atomic E-state index is -0.194. The van der Waals surface area contributed by atoms with Crippen LogP contribution in [-0.2, 0) is 13.2 Å². The minimum Gasteiger partial charge on any atom is -0.507 e. The standard InChI is InChI=1S/C16H16N4O2/c21-10-12-4-1-3-11(14(12)22)9-20-16-13(5-2-6-17-16)15-18-7-8-19-15/h1-8,21-22H,9-10H2,(H,17,20)(H,18,19). The number of hydrogen-bond donors (Lipinski definition) is 4. The van der Waals surface area contributed by atoms with Crippen molar-refractivity contribution in [3.63, 3.8) is 0 Å². The fourth-order valence-corrected chi connectivity index (χ4v) is 2.24. The highest BCUT2D eigenvalue weighted by atomic mass is 16.3. The molecular weight excluding hydrogens is 280 g/mol. The number of aliphatic hydroxyl groups is 1. The van der Waals surface area contributed by atoms with Gasteiger partial charge in [-0.3, -0.25) is 0 Å². The summed E-state index contributed by atoms with van der Waals surface area (Å²) in [5.41, 5.74) is 2.06. The molecule has 4 N–H and O–H groups in total. The number of nitrogens with zero attached hydrogens (tertiary/aromatic N) is 2. The van der Waals surface area contributed by atoms with Crippen LogP contribution < -0.4 is 5.32 Å². The van der Waals surface area contributed by atoms with E-state index in [9.17, 15) is 10.2 Å². The molecule has 0 aliphatic carbocycles. The van der Waals surface area contributed by atoms with Crippen molar-refractivity contribution in [3.8, 4) is 17.1 Å². The molecule has 3 aromatic rings. The largest absolute Gasteiger partial charge is 0.507 e. The van der Waals surface area contributed by atoms with Crippen LogP contribution in [0.1, 0.15) is 11.1 Å². The number of anilines is 1. The van der Waals surface area contributed by atoms with Gasteiger partial charge in [-0.25, -0.2) is 9.97 Å². The van der Waals surface area contributed by atoms with Crippen LogP contribution in [0.25, 0.3) is 11.4 Å². The Morgan fingerprint density at radius 2 is 1.91 bits per heavy atom. The lowest BCUT2D eigenvalue weighted by atomic mass is 10.1. The maximum atomic E-state index is 10.1. The Labute approximate surface area is 127 Å². The maximum Gasteiger partial charge on any atom is 0.141 e. The van der Waals surface area contributed by atoms with E-state index < -0.39 is 0 Å². The predicted molar refractivity (Wildman–Crippen MR) is 83.2 cm³/mol. The highest BCUT2D eigenvalue weighted by Gasteiger charge is 2.10. The number of imidazole rings is 1. The van der Waals surface area contributed by atoms with Gasteiger partial charge in [-0.1, -0.05) is 18.2 Å². The number of aromatic hydroxyl groups is 1. The lowest BCUT2D eigenvalue weighted by Crippen LogP contribution is -2.04. The number of phenols is 1. The molecule has 0 spiro atoms. The Bertz CT molecular complexity index is 757. The van der Waals surface area contributed by atoms with Crippen LogP contribution in [0.3, 0.4) is 0 Å². The third kappa shape index (κ3) is 2.77. The summed E-state index contributed by atoms with van der Waals surface area (Å²) in [5, 5.41) is 22.5. The Hall–Kier alpha value is -2.86. The quantitative estimate of drug-likeness (QED) is 0.579. The molecule has 2 heterocycles. The second-order valence-electron chi connectivity index (χ2n) is 4.77. The molecule has 0 amide bonds. The molecule has 6 heteroatoms. The van der Waals surface area contributed by atoms with Crippen LogP contribution in [-0.4, -0.2) is 25.2 Å². The zero-order valence-electron chi connectivity index (χ0n) is 11.8. The summed E-state index contributed by atoms with van der Waals surface area (Å²) >= 11 is 0. The zero-order chi connectivity index (χ0) is 15.4. The number of nitrogens with one attached hydrogen (secondary N) is 2. The van der Waals surface area contributed by atoms with Crippen molar-refractivity contribution in [2.45, 2.75) is 13.2 Å². The summed E-state index contributed by atoms with van der Waals surface area (Å²) in [6.45, 7) is 0.200. The molecule has 0 radical (unpaired) electrons. The second kappa shape index (κ2) is 6.28. The van der Waals surface area contributed by atoms with E-state index in [0.29, 0.717) is 23.5 Å². The van der Waals surface area contributed by atoms with Gasteiger partial charge in [-0.15, -0.1) is 0 Å². The molecule has 0 bridgehead atoms. The van der Waals surface area contributed by atoms with Crippen LogP contribution in [0.2, 0.25) is 0 Å². The third-order valence-corrected chi connectivity index (χ3v) is 3.38. The number of para-hydroxylation sites is 1. The first-order valence-electron chi connectivity index (χ1n) is 6.89. The number of rotatable bonds is 5. The summed E-state index contributed by atoms with van der Waals surface area (Å²) in [6, 6.07) is 9.05. The topological polar surface area (TPSA) is 94.1 Å². The predicted octanol–water partition coefficient (Wildman–Crippen LogP) is 2.28. The summed E-state index contributed by atoms with van der Waals surface area (Å²) < 4.78 is 0. The van der Waals surface area contributed by atoms with Gasteiger partial charge < -0.3 is 20.5 Å². The Kier molecular flexibility index (Phi) is 4.02. The molecule has 6 nitrogen and oxygen atoms in total. The molecule has 0 unspecified atom stereocenters. The molecule has 112 valence electrons. The number of hydrogen-bond acceptors (Lipinski definition) is 5. The van der Waals surface area contributed by atoms with Crippen LogP contribution in [0.4, 0.5) is 5.82 Å². The third-order valence-electron chi connectivity index (χ3n) is 3.38. The second-order valence-corrected chi connectivity index (χ2v) is 4.77. The highest BCUT2D eigenvalue weighted by molar-refractivity contribution is 5.69. The van der Waals surface area contributed by atoms with Crippen molar-refractivity contribution in [1.82, 2.24) is 15.0 Å². The molecule has 0 saturated carbocycles. The fourth-order valence-electron chi connectivity index (χ4n) is 2.24. The SMILES string of the molecule is OCc1cccc(CNc2ncccc2-c2ncc[nH]2)c1O. The molecule has 0 saturated heterocycles. The summed E-state index contributed by atoms with van der Waals surface area (Å²) in [4.78, 5) is 11.6. The van der Waals surface area contributed by atoms with Crippen LogP contribution in [0, 0.1) is 0 Å². The Morgan fingerprint density at radius 1 is 1.05 bits per heavy atom. The van der Waals surface area contributed by atoms with E-state index in [1.807, 2.05) is 12.1 Å². The van der Waals surface area contributed by atoms with Crippen LogP contribution in [0.15, 0.2) is 48.9 Å². The van der Waals surface area contributed by atoms with Crippen molar-refractivity contribution in [2.24, 2.45) is 0 Å². The average Bonchev–Trinajstić information content (AvgIpc) is 3.08. The van der Waals surface area contributed by atoms with Gasteiger partial charge in [0.05, 0.1) is 12.2 Å². The zero-order valence-corrected chi connectivity index (χ0v) is 11.8. The Balaban J connectivity index is 1.83. The number of H-pyrrole nitrogens is 1. The molecule has 22 heavy (non-hydrogen) atoms. The maximum absolute atomic E-state index is 10.1. The number of aliphatic hydroxyl groups excluding tert-OH is 1. The molecule has 0 atom stereocenters. The number of pyridine rings is 1. The van der Waals surface area contributed by atoms with Gasteiger partial charge in [0.25, 0.3) is 0 Å². The monoisotopic (exact) mass is 296 g/mol. The van der Waals surface area contributed by atoms with Crippen LogP contribution in [0.5, 0.6) is 5.75 Å².